The van der Waals surface area contributed by atoms with Crippen LogP contribution >= 0.6 is 0 Å². The second-order valence-corrected chi connectivity index (χ2v) is 4.45. The number of aryl methyl sites for hydroxylation is 1. The molecule has 1 heterocycles. The van der Waals surface area contributed by atoms with E-state index >= 15 is 0 Å². The molecule has 0 aliphatic heterocycles. The number of nitrogens with zero attached hydrogens (tertiary/aromatic N) is 1. The molecule has 0 saturated heterocycles. The lowest BCUT2D eigenvalue weighted by Gasteiger charge is -2.11. The van der Waals surface area contributed by atoms with Gasteiger partial charge >= 0.3 is 0 Å². The normalized spacial score (nSPS) is 12.1. The first-order valence-electron chi connectivity index (χ1n) is 5.57. The molecular weight excluding hydrogens is 214 g/mol. The average Bonchev–Trinajstić information content (AvgIpc) is 2.56. The van der Waals surface area contributed by atoms with Gasteiger partial charge in [-0.2, -0.15) is 0 Å². The number of phenols is 1. The van der Waals surface area contributed by atoms with E-state index in [0.29, 0.717) is 0 Å². The van der Waals surface area contributed by atoms with Gasteiger partial charge in [0.1, 0.15) is 17.1 Å². The third-order valence-corrected chi connectivity index (χ3v) is 3.00. The number of aromatic hydroxyl groups is 1. The Bertz CT molecular complexity index is 579. The predicted octanol–water partition coefficient (Wildman–Crippen LogP) is 3.37. The summed E-state index contributed by atoms with van der Waals surface area (Å²) < 4.78 is 5.76. The van der Waals surface area contributed by atoms with Gasteiger partial charge < -0.3 is 14.4 Å². The molecule has 3 nitrogen and oxygen atoms in total. The fourth-order valence-corrected chi connectivity index (χ4v) is 1.68. The summed E-state index contributed by atoms with van der Waals surface area (Å²) in [6.45, 7) is 4.03. The van der Waals surface area contributed by atoms with Crippen molar-refractivity contribution >= 4 is 17.0 Å². The van der Waals surface area contributed by atoms with Crippen LogP contribution in [0.5, 0.6) is 5.75 Å². The van der Waals surface area contributed by atoms with Crippen LogP contribution in [0.25, 0.3) is 17.0 Å². The van der Waals surface area contributed by atoms with Crippen LogP contribution in [-0.4, -0.2) is 24.1 Å². The van der Waals surface area contributed by atoms with Crippen LogP contribution in [0, 0.1) is 6.92 Å². The monoisotopic (exact) mass is 231 g/mol. The van der Waals surface area contributed by atoms with Crippen LogP contribution in [0.15, 0.2) is 28.3 Å². The maximum absolute atomic E-state index is 9.47. The van der Waals surface area contributed by atoms with Gasteiger partial charge in [0.25, 0.3) is 0 Å². The van der Waals surface area contributed by atoms with Crippen molar-refractivity contribution in [2.24, 2.45) is 0 Å². The van der Waals surface area contributed by atoms with Crippen LogP contribution in [0.3, 0.4) is 0 Å². The van der Waals surface area contributed by atoms with E-state index in [4.69, 9.17) is 4.42 Å². The molecule has 0 aliphatic rings. The van der Waals surface area contributed by atoms with Crippen LogP contribution < -0.4 is 0 Å². The lowest BCUT2D eigenvalue weighted by molar-refractivity contribution is 0.476. The molecule has 0 spiro atoms. The van der Waals surface area contributed by atoms with E-state index in [1.54, 1.807) is 18.2 Å². The molecule has 0 saturated carbocycles. The lowest BCUT2D eigenvalue weighted by Crippen LogP contribution is -2.07. The molecule has 0 amide bonds. The topological polar surface area (TPSA) is 36.6 Å². The van der Waals surface area contributed by atoms with Gasteiger partial charge in [0.05, 0.1) is 0 Å². The molecule has 17 heavy (non-hydrogen) atoms. The van der Waals surface area contributed by atoms with Crippen LogP contribution in [0.2, 0.25) is 0 Å². The SMILES string of the molecule is C/C(=C/c1oc2ccc(O)cc2c1C)N(C)C. The van der Waals surface area contributed by atoms with Crippen molar-refractivity contribution in [3.05, 3.63) is 35.2 Å². The highest BCUT2D eigenvalue weighted by Gasteiger charge is 2.09. The third-order valence-electron chi connectivity index (χ3n) is 3.00. The molecule has 90 valence electrons. The lowest BCUT2D eigenvalue weighted by atomic mass is 10.1. The summed E-state index contributed by atoms with van der Waals surface area (Å²) in [4.78, 5) is 2.03. The van der Waals surface area contributed by atoms with E-state index in [1.807, 2.05) is 38.9 Å². The fourth-order valence-electron chi connectivity index (χ4n) is 1.68. The smallest absolute Gasteiger partial charge is 0.135 e. The molecule has 0 radical (unpaired) electrons. The van der Waals surface area contributed by atoms with Crippen LogP contribution in [-0.2, 0) is 0 Å². The Hall–Kier alpha value is -1.90. The minimum atomic E-state index is 0.265. The highest BCUT2D eigenvalue weighted by molar-refractivity contribution is 5.85. The number of phenolic OH excluding ortho intramolecular Hbond substituents is 1. The van der Waals surface area contributed by atoms with Crippen molar-refractivity contribution in [1.29, 1.82) is 0 Å². The van der Waals surface area contributed by atoms with Crippen LogP contribution in [0.4, 0.5) is 0 Å². The first kappa shape index (κ1) is 11.6. The van der Waals surface area contributed by atoms with E-state index in [9.17, 15) is 5.11 Å². The van der Waals surface area contributed by atoms with Crippen LogP contribution in [0.1, 0.15) is 18.2 Å². The average molecular weight is 231 g/mol. The van der Waals surface area contributed by atoms with E-state index in [2.05, 4.69) is 0 Å². The highest BCUT2D eigenvalue weighted by Crippen LogP contribution is 2.29. The summed E-state index contributed by atoms with van der Waals surface area (Å²) in [5.74, 6) is 1.11. The second kappa shape index (κ2) is 4.17. The van der Waals surface area contributed by atoms with Gasteiger partial charge in [-0.25, -0.2) is 0 Å². The van der Waals surface area contributed by atoms with Gasteiger partial charge in [-0.15, -0.1) is 0 Å². The Kier molecular flexibility index (Phi) is 2.84. The Morgan fingerprint density at radius 3 is 2.71 bits per heavy atom. The van der Waals surface area contributed by atoms with Gasteiger partial charge in [-0.1, -0.05) is 0 Å². The van der Waals surface area contributed by atoms with E-state index in [-0.39, 0.29) is 5.75 Å². The summed E-state index contributed by atoms with van der Waals surface area (Å²) in [6.07, 6.45) is 2.01. The molecule has 1 aromatic heterocycles. The second-order valence-electron chi connectivity index (χ2n) is 4.45. The van der Waals surface area contributed by atoms with Gasteiger partial charge in [0.2, 0.25) is 0 Å². The zero-order valence-corrected chi connectivity index (χ0v) is 10.6. The van der Waals surface area contributed by atoms with E-state index in [0.717, 1.165) is 28.0 Å². The maximum atomic E-state index is 9.47. The number of benzene rings is 1. The van der Waals surface area contributed by atoms with Gasteiger partial charge in [0, 0.05) is 30.7 Å². The zero-order valence-electron chi connectivity index (χ0n) is 10.6. The van der Waals surface area contributed by atoms with Crippen molar-refractivity contribution in [3.63, 3.8) is 0 Å². The molecule has 2 rings (SSSR count). The largest absolute Gasteiger partial charge is 0.508 e. The number of fused-ring (bicyclic) bond motifs is 1. The number of allylic oxidation sites excluding steroid dienone is 1. The number of hydrogen-bond donors (Lipinski definition) is 1. The molecule has 0 atom stereocenters. The molecular formula is C14H17NO2. The zero-order chi connectivity index (χ0) is 12.6. The summed E-state index contributed by atoms with van der Waals surface area (Å²) in [5, 5.41) is 10.4. The first-order valence-corrected chi connectivity index (χ1v) is 5.57. The summed E-state index contributed by atoms with van der Waals surface area (Å²) in [6, 6.07) is 5.16. The first-order chi connectivity index (χ1) is 7.99. The van der Waals surface area contributed by atoms with E-state index < -0.39 is 0 Å². The van der Waals surface area contributed by atoms with E-state index in [1.165, 1.54) is 0 Å². The quantitative estimate of drug-likeness (QED) is 0.860. The Labute approximate surface area is 101 Å². The fraction of sp³-hybridized carbons (Fsp3) is 0.286. The van der Waals surface area contributed by atoms with Crippen molar-refractivity contribution in [3.8, 4) is 5.75 Å². The van der Waals surface area contributed by atoms with Crippen molar-refractivity contribution in [1.82, 2.24) is 4.90 Å². The third kappa shape index (κ3) is 2.13. The number of furan rings is 1. The Morgan fingerprint density at radius 2 is 2.06 bits per heavy atom. The molecule has 0 unspecified atom stereocenters. The molecule has 1 N–H and O–H groups in total. The van der Waals surface area contributed by atoms with Crippen molar-refractivity contribution in [2.75, 3.05) is 14.1 Å². The van der Waals surface area contributed by atoms with Crippen molar-refractivity contribution in [2.45, 2.75) is 13.8 Å². The standard InChI is InChI=1S/C14H17NO2/c1-9(15(3)4)7-14-10(2)12-8-11(16)5-6-13(12)17-14/h5-8,16H,1-4H3/b9-7-. The highest BCUT2D eigenvalue weighted by atomic mass is 16.3. The van der Waals surface area contributed by atoms with Gasteiger partial charge in [-0.05, 0) is 38.1 Å². The Morgan fingerprint density at radius 1 is 1.35 bits per heavy atom. The van der Waals surface area contributed by atoms with Gasteiger partial charge in [0.15, 0.2) is 0 Å². The molecule has 0 fully saturated rings. The summed E-state index contributed by atoms with van der Waals surface area (Å²) >= 11 is 0. The Balaban J connectivity index is 2.57. The number of rotatable bonds is 2. The molecule has 2 aromatic rings. The summed E-state index contributed by atoms with van der Waals surface area (Å²) in [7, 11) is 3.99. The predicted molar refractivity (Wildman–Crippen MR) is 70.0 cm³/mol. The molecule has 0 aliphatic carbocycles. The minimum Gasteiger partial charge on any atom is -0.508 e. The minimum absolute atomic E-state index is 0.265. The molecule has 0 bridgehead atoms. The molecule has 3 heteroatoms. The maximum Gasteiger partial charge on any atom is 0.135 e. The molecule has 1 aromatic carbocycles. The number of hydrogen-bond acceptors (Lipinski definition) is 3. The van der Waals surface area contributed by atoms with Crippen molar-refractivity contribution < 1.29 is 9.52 Å². The van der Waals surface area contributed by atoms with Gasteiger partial charge in [-0.3, -0.25) is 0 Å². The summed E-state index contributed by atoms with van der Waals surface area (Å²) in [5.41, 5.74) is 2.98.